The van der Waals surface area contributed by atoms with Crippen molar-refractivity contribution < 1.29 is 9.90 Å². The average molecular weight is 282 g/mol. The fraction of sp³-hybridized carbons (Fsp3) is 0.615. The number of rotatable bonds is 5. The first-order chi connectivity index (χ1) is 9.04. The highest BCUT2D eigenvalue weighted by molar-refractivity contribution is 7.99. The summed E-state index contributed by atoms with van der Waals surface area (Å²) >= 11 is 1.11. The van der Waals surface area contributed by atoms with Crippen molar-refractivity contribution in [2.75, 3.05) is 5.75 Å². The van der Waals surface area contributed by atoms with E-state index in [2.05, 4.69) is 11.9 Å². The van der Waals surface area contributed by atoms with Crippen molar-refractivity contribution in [3.8, 4) is 0 Å². The second kappa shape index (κ2) is 6.23. The summed E-state index contributed by atoms with van der Waals surface area (Å²) in [5.41, 5.74) is -0.316. The van der Waals surface area contributed by atoms with Gasteiger partial charge in [-0.3, -0.25) is 9.59 Å². The number of carbonyl (C=O) groups is 1. The van der Waals surface area contributed by atoms with E-state index in [0.717, 1.165) is 24.2 Å². The van der Waals surface area contributed by atoms with E-state index in [4.69, 9.17) is 5.11 Å². The lowest BCUT2D eigenvalue weighted by atomic mass is 10.1. The van der Waals surface area contributed by atoms with Crippen LogP contribution in [0.4, 0.5) is 0 Å². The molecule has 1 aliphatic carbocycles. The molecular weight excluding hydrogens is 264 g/mol. The molecule has 1 heterocycles. The molecule has 1 N–H and O–H groups in total. The van der Waals surface area contributed by atoms with Crippen LogP contribution >= 0.6 is 11.8 Å². The van der Waals surface area contributed by atoms with Crippen LogP contribution in [0.3, 0.4) is 0 Å². The van der Waals surface area contributed by atoms with Crippen LogP contribution in [0.1, 0.15) is 26.2 Å². The van der Waals surface area contributed by atoms with Gasteiger partial charge in [-0.25, -0.2) is 0 Å². The summed E-state index contributed by atoms with van der Waals surface area (Å²) in [5.74, 6) is 0.387. The molecule has 0 radical (unpaired) electrons. The van der Waals surface area contributed by atoms with Gasteiger partial charge in [0.25, 0.3) is 5.56 Å². The molecule has 0 spiro atoms. The molecule has 0 bridgehead atoms. The van der Waals surface area contributed by atoms with Crippen LogP contribution in [-0.2, 0) is 11.3 Å². The monoisotopic (exact) mass is 282 g/mol. The lowest BCUT2D eigenvalue weighted by Gasteiger charge is -2.15. The van der Waals surface area contributed by atoms with Crippen LogP contribution in [0.5, 0.6) is 0 Å². The molecule has 2 rings (SSSR count). The van der Waals surface area contributed by atoms with Gasteiger partial charge in [0.1, 0.15) is 0 Å². The summed E-state index contributed by atoms with van der Waals surface area (Å²) < 4.78 is 1.91. The van der Waals surface area contributed by atoms with Gasteiger partial charge in [0.2, 0.25) is 0 Å². The van der Waals surface area contributed by atoms with Gasteiger partial charge >= 0.3 is 5.97 Å². The molecule has 1 fully saturated rings. The maximum absolute atomic E-state index is 11.3. The molecule has 1 aromatic heterocycles. The van der Waals surface area contributed by atoms with E-state index in [9.17, 15) is 9.59 Å². The number of thioether (sulfide) groups is 1. The zero-order valence-electron chi connectivity index (χ0n) is 10.9. The summed E-state index contributed by atoms with van der Waals surface area (Å²) in [6.45, 7) is 3.07. The Labute approximate surface area is 116 Å². The summed E-state index contributed by atoms with van der Waals surface area (Å²) in [6.07, 6.45) is 5.35. The van der Waals surface area contributed by atoms with Crippen molar-refractivity contribution in [3.63, 3.8) is 0 Å². The van der Waals surface area contributed by atoms with E-state index < -0.39 is 5.97 Å². The largest absolute Gasteiger partial charge is 0.481 e. The fourth-order valence-electron chi connectivity index (χ4n) is 2.56. The predicted molar refractivity (Wildman–Crippen MR) is 73.4 cm³/mol. The molecule has 1 aromatic rings. The Bertz CT molecular complexity index is 515. The van der Waals surface area contributed by atoms with E-state index in [1.54, 1.807) is 6.20 Å². The van der Waals surface area contributed by atoms with Crippen molar-refractivity contribution in [1.82, 2.24) is 9.55 Å². The topological polar surface area (TPSA) is 72.2 Å². The molecule has 1 saturated carbocycles. The lowest BCUT2D eigenvalue weighted by Crippen LogP contribution is -2.17. The van der Waals surface area contributed by atoms with Crippen LogP contribution < -0.4 is 5.56 Å². The van der Waals surface area contributed by atoms with Gasteiger partial charge < -0.3 is 9.67 Å². The van der Waals surface area contributed by atoms with Crippen LogP contribution in [0.25, 0.3) is 0 Å². The van der Waals surface area contributed by atoms with E-state index in [1.807, 2.05) is 4.57 Å². The summed E-state index contributed by atoms with van der Waals surface area (Å²) in [5, 5.41) is 9.23. The average Bonchev–Trinajstić information content (AvgIpc) is 2.75. The number of hydrogen-bond donors (Lipinski definition) is 1. The van der Waals surface area contributed by atoms with Gasteiger partial charge in [0.05, 0.1) is 5.75 Å². The molecule has 2 atom stereocenters. The van der Waals surface area contributed by atoms with E-state index in [0.29, 0.717) is 11.1 Å². The standard InChI is InChI=1S/C13H18N2O3S/c1-9-2-3-10(6-9)7-15-5-4-11(16)14-13(15)19-8-12(17)18/h4-5,9-10H,2-3,6-8H2,1H3,(H,17,18). The van der Waals surface area contributed by atoms with E-state index in [1.165, 1.54) is 25.3 Å². The van der Waals surface area contributed by atoms with Crippen LogP contribution in [0, 0.1) is 11.8 Å². The van der Waals surface area contributed by atoms with Crippen molar-refractivity contribution in [1.29, 1.82) is 0 Å². The minimum absolute atomic E-state index is 0.0719. The van der Waals surface area contributed by atoms with Crippen molar-refractivity contribution in [2.45, 2.75) is 37.9 Å². The van der Waals surface area contributed by atoms with Crippen LogP contribution in [0.15, 0.2) is 22.2 Å². The van der Waals surface area contributed by atoms with Gasteiger partial charge in [0, 0.05) is 18.8 Å². The van der Waals surface area contributed by atoms with Gasteiger partial charge in [-0.2, -0.15) is 4.98 Å². The third-order valence-electron chi connectivity index (χ3n) is 3.43. The lowest BCUT2D eigenvalue weighted by molar-refractivity contribution is -0.133. The number of aromatic nitrogens is 2. The molecule has 2 unspecified atom stereocenters. The first-order valence-corrected chi connectivity index (χ1v) is 7.45. The Morgan fingerprint density at radius 3 is 3.00 bits per heavy atom. The predicted octanol–water partition coefficient (Wildman–Crippen LogP) is 1.86. The zero-order valence-corrected chi connectivity index (χ0v) is 11.7. The second-order valence-electron chi connectivity index (χ2n) is 5.17. The number of aliphatic carboxylic acids is 1. The highest BCUT2D eigenvalue weighted by Gasteiger charge is 2.22. The van der Waals surface area contributed by atoms with Crippen LogP contribution in [-0.4, -0.2) is 26.4 Å². The number of carboxylic acids is 1. The van der Waals surface area contributed by atoms with Gasteiger partial charge in [-0.05, 0) is 24.7 Å². The molecule has 104 valence electrons. The highest BCUT2D eigenvalue weighted by Crippen LogP contribution is 2.32. The number of hydrogen-bond acceptors (Lipinski definition) is 4. The molecule has 5 nitrogen and oxygen atoms in total. The zero-order chi connectivity index (χ0) is 13.8. The molecule has 1 aliphatic rings. The van der Waals surface area contributed by atoms with Gasteiger partial charge in [-0.15, -0.1) is 0 Å². The third-order valence-corrected chi connectivity index (χ3v) is 4.41. The Hall–Kier alpha value is -1.30. The molecule has 0 saturated heterocycles. The molecule has 19 heavy (non-hydrogen) atoms. The third kappa shape index (κ3) is 4.09. The smallest absolute Gasteiger partial charge is 0.313 e. The maximum Gasteiger partial charge on any atom is 0.313 e. The van der Waals surface area contributed by atoms with Gasteiger partial charge in [-0.1, -0.05) is 25.1 Å². The normalized spacial score (nSPS) is 22.6. The fourth-order valence-corrected chi connectivity index (χ4v) is 3.27. The number of nitrogens with zero attached hydrogens (tertiary/aromatic N) is 2. The molecule has 0 aliphatic heterocycles. The van der Waals surface area contributed by atoms with Gasteiger partial charge in [0.15, 0.2) is 5.16 Å². The molecule has 6 heteroatoms. The van der Waals surface area contributed by atoms with Crippen molar-refractivity contribution in [3.05, 3.63) is 22.6 Å². The van der Waals surface area contributed by atoms with E-state index in [-0.39, 0.29) is 11.3 Å². The Morgan fingerprint density at radius 2 is 2.37 bits per heavy atom. The summed E-state index contributed by atoms with van der Waals surface area (Å²) in [6, 6.07) is 1.43. The summed E-state index contributed by atoms with van der Waals surface area (Å²) in [7, 11) is 0. The molecular formula is C13H18N2O3S. The molecule has 0 amide bonds. The van der Waals surface area contributed by atoms with E-state index >= 15 is 0 Å². The minimum Gasteiger partial charge on any atom is -0.481 e. The first kappa shape index (κ1) is 14.1. The SMILES string of the molecule is CC1CCC(Cn2ccc(=O)nc2SCC(=O)O)C1. The van der Waals surface area contributed by atoms with Crippen molar-refractivity contribution >= 4 is 17.7 Å². The maximum atomic E-state index is 11.3. The first-order valence-electron chi connectivity index (χ1n) is 6.46. The Morgan fingerprint density at radius 1 is 1.58 bits per heavy atom. The quantitative estimate of drug-likeness (QED) is 0.659. The number of carboxylic acid groups (broad SMARTS) is 1. The second-order valence-corrected chi connectivity index (χ2v) is 6.11. The summed E-state index contributed by atoms with van der Waals surface area (Å²) in [4.78, 5) is 25.8. The highest BCUT2D eigenvalue weighted by atomic mass is 32.2. The Balaban J connectivity index is 2.09. The Kier molecular flexibility index (Phi) is 4.63. The molecule has 0 aromatic carbocycles. The van der Waals surface area contributed by atoms with Crippen molar-refractivity contribution in [2.24, 2.45) is 11.8 Å². The minimum atomic E-state index is -0.899. The van der Waals surface area contributed by atoms with Crippen LogP contribution in [0.2, 0.25) is 0 Å².